The van der Waals surface area contributed by atoms with E-state index in [2.05, 4.69) is 79.1 Å². The molecule has 1 aromatic carbocycles. The molecule has 0 spiro atoms. The zero-order valence-corrected chi connectivity index (χ0v) is 14.9. The Kier molecular flexibility index (Phi) is 4.28. The van der Waals surface area contributed by atoms with Crippen LogP contribution in [-0.2, 0) is 13.6 Å². The molecule has 3 rings (SSSR count). The highest BCUT2D eigenvalue weighted by molar-refractivity contribution is 5.30. The molecule has 1 aliphatic rings. The lowest BCUT2D eigenvalue weighted by Gasteiger charge is -2.33. The molecule has 23 heavy (non-hydrogen) atoms. The summed E-state index contributed by atoms with van der Waals surface area (Å²) in [5.41, 5.74) is 2.82. The van der Waals surface area contributed by atoms with Crippen LogP contribution in [0.15, 0.2) is 24.3 Å². The van der Waals surface area contributed by atoms with Crippen LogP contribution in [-0.4, -0.2) is 14.8 Å². The predicted octanol–water partition coefficient (Wildman–Crippen LogP) is 3.88. The van der Waals surface area contributed by atoms with E-state index in [1.807, 2.05) is 0 Å². The average Bonchev–Trinajstić information content (AvgIpc) is 3.25. The van der Waals surface area contributed by atoms with Gasteiger partial charge >= 0.3 is 0 Å². The number of aromatic nitrogens is 3. The van der Waals surface area contributed by atoms with Crippen molar-refractivity contribution in [3.05, 3.63) is 47.0 Å². The summed E-state index contributed by atoms with van der Waals surface area (Å²) >= 11 is 0. The first-order valence-electron chi connectivity index (χ1n) is 8.55. The van der Waals surface area contributed by atoms with Gasteiger partial charge in [0.25, 0.3) is 0 Å². The highest BCUT2D eigenvalue weighted by Gasteiger charge is 2.30. The van der Waals surface area contributed by atoms with E-state index in [1.54, 1.807) is 0 Å². The van der Waals surface area contributed by atoms with Crippen LogP contribution in [0.4, 0.5) is 0 Å². The monoisotopic (exact) mass is 312 g/mol. The first-order chi connectivity index (χ1) is 10.9. The summed E-state index contributed by atoms with van der Waals surface area (Å²) < 4.78 is 2.17. The third kappa shape index (κ3) is 3.47. The fourth-order valence-electron chi connectivity index (χ4n) is 3.21. The summed E-state index contributed by atoms with van der Waals surface area (Å²) in [7, 11) is 2.09. The summed E-state index contributed by atoms with van der Waals surface area (Å²) in [6.45, 7) is 9.77. The SMILES string of the molecule is Cc1ccccc1[C@H](NCc1nnc(C2CC2)n1C)C(C)(C)C. The molecule has 1 aromatic heterocycles. The number of hydrogen-bond acceptors (Lipinski definition) is 3. The van der Waals surface area contributed by atoms with Gasteiger partial charge in [0.1, 0.15) is 11.6 Å². The number of nitrogens with one attached hydrogen (secondary N) is 1. The highest BCUT2D eigenvalue weighted by Crippen LogP contribution is 2.39. The van der Waals surface area contributed by atoms with Gasteiger partial charge in [-0.2, -0.15) is 0 Å². The van der Waals surface area contributed by atoms with Crippen LogP contribution in [0, 0.1) is 12.3 Å². The third-order valence-corrected chi connectivity index (χ3v) is 4.77. The maximum atomic E-state index is 4.40. The Morgan fingerprint density at radius 2 is 1.91 bits per heavy atom. The van der Waals surface area contributed by atoms with Crippen LogP contribution in [0.1, 0.15) is 68.3 Å². The summed E-state index contributed by atoms with van der Waals surface area (Å²) in [4.78, 5) is 0. The van der Waals surface area contributed by atoms with E-state index in [0.717, 1.165) is 18.2 Å². The molecule has 0 saturated heterocycles. The molecule has 0 bridgehead atoms. The minimum absolute atomic E-state index is 0.129. The maximum absolute atomic E-state index is 4.40. The molecule has 1 saturated carbocycles. The lowest BCUT2D eigenvalue weighted by Crippen LogP contribution is -2.33. The number of rotatable bonds is 5. The van der Waals surface area contributed by atoms with Crippen molar-refractivity contribution in [3.63, 3.8) is 0 Å². The Labute approximate surface area is 139 Å². The van der Waals surface area contributed by atoms with Crippen molar-refractivity contribution in [1.29, 1.82) is 0 Å². The van der Waals surface area contributed by atoms with E-state index in [-0.39, 0.29) is 11.5 Å². The first kappa shape index (κ1) is 16.2. The van der Waals surface area contributed by atoms with Gasteiger partial charge in [0, 0.05) is 19.0 Å². The van der Waals surface area contributed by atoms with E-state index in [1.165, 1.54) is 24.0 Å². The van der Waals surface area contributed by atoms with Gasteiger partial charge in [0.05, 0.1) is 6.54 Å². The Morgan fingerprint density at radius 1 is 1.22 bits per heavy atom. The van der Waals surface area contributed by atoms with Crippen LogP contribution < -0.4 is 5.32 Å². The van der Waals surface area contributed by atoms with Crippen molar-refractivity contribution in [1.82, 2.24) is 20.1 Å². The van der Waals surface area contributed by atoms with Gasteiger partial charge in [-0.3, -0.25) is 0 Å². The van der Waals surface area contributed by atoms with E-state index >= 15 is 0 Å². The second-order valence-corrected chi connectivity index (χ2v) is 7.84. The van der Waals surface area contributed by atoms with E-state index < -0.39 is 0 Å². The van der Waals surface area contributed by atoms with Gasteiger partial charge in [-0.1, -0.05) is 45.0 Å². The summed E-state index contributed by atoms with van der Waals surface area (Å²) in [6, 6.07) is 8.91. The molecule has 0 unspecified atom stereocenters. The molecule has 4 heteroatoms. The molecule has 0 radical (unpaired) electrons. The molecule has 1 fully saturated rings. The predicted molar refractivity (Wildman–Crippen MR) is 93.2 cm³/mol. The number of nitrogens with zero attached hydrogens (tertiary/aromatic N) is 3. The summed E-state index contributed by atoms with van der Waals surface area (Å²) in [5.74, 6) is 2.80. The molecule has 1 atom stereocenters. The van der Waals surface area contributed by atoms with Crippen molar-refractivity contribution >= 4 is 0 Å². The molecule has 1 aliphatic carbocycles. The van der Waals surface area contributed by atoms with Crippen molar-refractivity contribution < 1.29 is 0 Å². The van der Waals surface area contributed by atoms with Gasteiger partial charge in [0.2, 0.25) is 0 Å². The molecule has 1 N–H and O–H groups in total. The van der Waals surface area contributed by atoms with Crippen LogP contribution in [0.25, 0.3) is 0 Å². The van der Waals surface area contributed by atoms with Crippen molar-refractivity contribution in [2.75, 3.05) is 0 Å². The second kappa shape index (κ2) is 6.08. The molecule has 2 aromatic rings. The topological polar surface area (TPSA) is 42.7 Å². The normalized spacial score (nSPS) is 16.6. The zero-order valence-electron chi connectivity index (χ0n) is 14.9. The molecule has 0 aliphatic heterocycles. The van der Waals surface area contributed by atoms with Gasteiger partial charge in [-0.15, -0.1) is 10.2 Å². The lowest BCUT2D eigenvalue weighted by atomic mass is 9.81. The Bertz CT molecular complexity index is 677. The van der Waals surface area contributed by atoms with Crippen LogP contribution in [0.5, 0.6) is 0 Å². The minimum Gasteiger partial charge on any atom is -0.317 e. The van der Waals surface area contributed by atoms with E-state index in [4.69, 9.17) is 0 Å². The van der Waals surface area contributed by atoms with Gasteiger partial charge in [-0.25, -0.2) is 0 Å². The van der Waals surface area contributed by atoms with Gasteiger partial charge in [0.15, 0.2) is 0 Å². The molecular weight excluding hydrogens is 284 g/mol. The largest absolute Gasteiger partial charge is 0.317 e. The van der Waals surface area contributed by atoms with E-state index in [9.17, 15) is 0 Å². The Morgan fingerprint density at radius 3 is 2.52 bits per heavy atom. The van der Waals surface area contributed by atoms with Crippen molar-refractivity contribution in [2.24, 2.45) is 12.5 Å². The molecule has 124 valence electrons. The van der Waals surface area contributed by atoms with Crippen LogP contribution >= 0.6 is 0 Å². The molecule has 0 amide bonds. The fourth-order valence-corrected chi connectivity index (χ4v) is 3.21. The quantitative estimate of drug-likeness (QED) is 0.911. The van der Waals surface area contributed by atoms with Crippen LogP contribution in [0.3, 0.4) is 0 Å². The molecular formula is C19H28N4. The average molecular weight is 312 g/mol. The smallest absolute Gasteiger partial charge is 0.146 e. The molecule has 1 heterocycles. The van der Waals surface area contributed by atoms with Crippen molar-refractivity contribution in [2.45, 2.75) is 59.0 Å². The fraction of sp³-hybridized carbons (Fsp3) is 0.579. The number of hydrogen-bond donors (Lipinski definition) is 1. The lowest BCUT2D eigenvalue weighted by molar-refractivity contribution is 0.267. The van der Waals surface area contributed by atoms with Gasteiger partial charge in [-0.05, 0) is 36.3 Å². The van der Waals surface area contributed by atoms with Gasteiger partial charge < -0.3 is 9.88 Å². The number of benzene rings is 1. The zero-order chi connectivity index (χ0) is 16.6. The summed E-state index contributed by atoms with van der Waals surface area (Å²) in [6.07, 6.45) is 2.51. The number of aryl methyl sites for hydroxylation is 1. The Hall–Kier alpha value is -1.68. The minimum atomic E-state index is 0.129. The van der Waals surface area contributed by atoms with Crippen molar-refractivity contribution in [3.8, 4) is 0 Å². The summed E-state index contributed by atoms with van der Waals surface area (Å²) in [5, 5.41) is 12.5. The van der Waals surface area contributed by atoms with Crippen LogP contribution in [0.2, 0.25) is 0 Å². The standard InChI is InChI=1S/C19H28N4/c1-13-8-6-7-9-15(13)17(19(2,3)4)20-12-16-21-22-18(23(16)5)14-10-11-14/h6-9,14,17,20H,10-12H2,1-5H3/t17-/m0/s1. The Balaban J connectivity index is 1.79. The van der Waals surface area contributed by atoms with E-state index in [0.29, 0.717) is 5.92 Å². The maximum Gasteiger partial charge on any atom is 0.146 e. The first-order valence-corrected chi connectivity index (χ1v) is 8.55. The highest BCUT2D eigenvalue weighted by atomic mass is 15.3. The second-order valence-electron chi connectivity index (χ2n) is 7.84. The third-order valence-electron chi connectivity index (χ3n) is 4.77. The molecule has 4 nitrogen and oxygen atoms in total.